The number of aliphatic hydroxyl groups excluding tert-OH is 1. The molecule has 0 aromatic carbocycles. The van der Waals surface area contributed by atoms with Crippen LogP contribution in [-0.4, -0.2) is 67.6 Å². The monoisotopic (exact) mass is 346 g/mol. The molecule has 136 valence electrons. The molecule has 1 N–H and O–H groups in total. The SMILES string of the molecule is C[C@H](c1nc(C2CC2)no1)N1CCN(Cc2cnn(CCO)c2)CC1. The predicted molar refractivity (Wildman–Crippen MR) is 90.9 cm³/mol. The minimum atomic E-state index is 0.121. The molecule has 1 atom stereocenters. The molecule has 8 heteroatoms. The molecule has 1 saturated heterocycles. The maximum Gasteiger partial charge on any atom is 0.243 e. The van der Waals surface area contributed by atoms with Gasteiger partial charge in [-0.15, -0.1) is 0 Å². The summed E-state index contributed by atoms with van der Waals surface area (Å²) in [6.07, 6.45) is 6.30. The van der Waals surface area contributed by atoms with E-state index >= 15 is 0 Å². The van der Waals surface area contributed by atoms with Crippen LogP contribution in [0.4, 0.5) is 0 Å². The van der Waals surface area contributed by atoms with Crippen molar-refractivity contribution in [2.24, 2.45) is 0 Å². The van der Waals surface area contributed by atoms with Crippen LogP contribution in [0.25, 0.3) is 0 Å². The summed E-state index contributed by atoms with van der Waals surface area (Å²) in [5, 5.41) is 17.4. The van der Waals surface area contributed by atoms with E-state index in [4.69, 9.17) is 9.63 Å². The van der Waals surface area contributed by atoms with Crippen molar-refractivity contribution in [3.63, 3.8) is 0 Å². The molecule has 2 aromatic rings. The predicted octanol–water partition coefficient (Wildman–Crippen LogP) is 1.01. The van der Waals surface area contributed by atoms with E-state index in [2.05, 4.69) is 32.0 Å². The number of aliphatic hydroxyl groups is 1. The quantitative estimate of drug-likeness (QED) is 0.801. The first-order valence-electron chi connectivity index (χ1n) is 9.15. The van der Waals surface area contributed by atoms with Gasteiger partial charge in [0.2, 0.25) is 5.89 Å². The number of piperazine rings is 1. The second-order valence-electron chi connectivity index (χ2n) is 7.09. The lowest BCUT2D eigenvalue weighted by atomic mass is 10.2. The molecule has 2 aromatic heterocycles. The van der Waals surface area contributed by atoms with Gasteiger partial charge in [-0.3, -0.25) is 14.5 Å². The summed E-state index contributed by atoms with van der Waals surface area (Å²) in [5.74, 6) is 2.18. The lowest BCUT2D eigenvalue weighted by molar-refractivity contribution is 0.0845. The maximum absolute atomic E-state index is 8.97. The van der Waals surface area contributed by atoms with Crippen molar-refractivity contribution >= 4 is 0 Å². The van der Waals surface area contributed by atoms with E-state index in [1.54, 1.807) is 4.68 Å². The van der Waals surface area contributed by atoms with Crippen molar-refractivity contribution in [1.82, 2.24) is 29.7 Å². The van der Waals surface area contributed by atoms with Crippen molar-refractivity contribution in [3.05, 3.63) is 29.7 Å². The summed E-state index contributed by atoms with van der Waals surface area (Å²) in [6, 6.07) is 0.175. The van der Waals surface area contributed by atoms with Crippen LogP contribution in [0.5, 0.6) is 0 Å². The van der Waals surface area contributed by atoms with Crippen molar-refractivity contribution < 1.29 is 9.63 Å². The minimum absolute atomic E-state index is 0.121. The molecule has 0 radical (unpaired) electrons. The highest BCUT2D eigenvalue weighted by molar-refractivity contribution is 5.06. The van der Waals surface area contributed by atoms with Crippen LogP contribution in [0.3, 0.4) is 0 Å². The van der Waals surface area contributed by atoms with Crippen molar-refractivity contribution in [3.8, 4) is 0 Å². The van der Waals surface area contributed by atoms with Gasteiger partial charge in [0.25, 0.3) is 0 Å². The number of aromatic nitrogens is 4. The molecule has 3 heterocycles. The standard InChI is InChI=1S/C17H26N6O2/c1-13(17-19-16(20-25-17)15-2-3-15)22-6-4-21(5-7-22)11-14-10-18-23(12-14)8-9-24/h10,12-13,15,24H,2-9,11H2,1H3/t13-/m1/s1. The Morgan fingerprint density at radius 1 is 1.28 bits per heavy atom. The van der Waals surface area contributed by atoms with Crippen LogP contribution in [0.1, 0.15) is 49.0 Å². The molecule has 0 unspecified atom stereocenters. The summed E-state index contributed by atoms with van der Waals surface area (Å²) in [6.45, 7) is 7.74. The summed E-state index contributed by atoms with van der Waals surface area (Å²) in [4.78, 5) is 9.44. The van der Waals surface area contributed by atoms with Crippen LogP contribution in [0.15, 0.2) is 16.9 Å². The van der Waals surface area contributed by atoms with Crippen LogP contribution >= 0.6 is 0 Å². The maximum atomic E-state index is 8.97. The highest BCUT2D eigenvalue weighted by Crippen LogP contribution is 2.38. The van der Waals surface area contributed by atoms with Gasteiger partial charge < -0.3 is 9.63 Å². The molecule has 0 bridgehead atoms. The third kappa shape index (κ3) is 3.91. The van der Waals surface area contributed by atoms with Gasteiger partial charge in [-0.05, 0) is 19.8 Å². The Balaban J connectivity index is 1.28. The molecule has 4 rings (SSSR count). The molecular formula is C17H26N6O2. The van der Waals surface area contributed by atoms with Gasteiger partial charge in [0, 0.05) is 50.4 Å². The topological polar surface area (TPSA) is 83.5 Å². The number of hydrogen-bond donors (Lipinski definition) is 1. The molecular weight excluding hydrogens is 320 g/mol. The Morgan fingerprint density at radius 3 is 2.80 bits per heavy atom. The molecule has 0 amide bonds. The number of hydrogen-bond acceptors (Lipinski definition) is 7. The highest BCUT2D eigenvalue weighted by Gasteiger charge is 2.31. The average molecular weight is 346 g/mol. The zero-order valence-corrected chi connectivity index (χ0v) is 14.7. The van der Waals surface area contributed by atoms with Crippen molar-refractivity contribution in [1.29, 1.82) is 0 Å². The minimum Gasteiger partial charge on any atom is -0.394 e. The van der Waals surface area contributed by atoms with E-state index in [1.165, 1.54) is 18.4 Å². The Labute approximate surface area is 147 Å². The summed E-state index contributed by atoms with van der Waals surface area (Å²) >= 11 is 0. The second-order valence-corrected chi connectivity index (χ2v) is 7.09. The van der Waals surface area contributed by atoms with Crippen molar-refractivity contribution in [2.45, 2.75) is 44.8 Å². The van der Waals surface area contributed by atoms with E-state index in [1.807, 2.05) is 12.4 Å². The van der Waals surface area contributed by atoms with E-state index in [-0.39, 0.29) is 12.6 Å². The van der Waals surface area contributed by atoms with Crippen LogP contribution < -0.4 is 0 Å². The van der Waals surface area contributed by atoms with Gasteiger partial charge in [0.15, 0.2) is 5.82 Å². The molecule has 1 aliphatic heterocycles. The van der Waals surface area contributed by atoms with Gasteiger partial charge >= 0.3 is 0 Å². The van der Waals surface area contributed by atoms with Gasteiger partial charge in [0.1, 0.15) is 0 Å². The van der Waals surface area contributed by atoms with Gasteiger partial charge in [-0.2, -0.15) is 10.1 Å². The zero-order chi connectivity index (χ0) is 17.2. The van der Waals surface area contributed by atoms with E-state index in [0.29, 0.717) is 12.5 Å². The largest absolute Gasteiger partial charge is 0.394 e. The first-order chi connectivity index (χ1) is 12.2. The fraction of sp³-hybridized carbons (Fsp3) is 0.706. The smallest absolute Gasteiger partial charge is 0.243 e. The summed E-state index contributed by atoms with van der Waals surface area (Å²) in [7, 11) is 0. The Bertz CT molecular complexity index is 687. The first-order valence-corrected chi connectivity index (χ1v) is 9.15. The van der Waals surface area contributed by atoms with Crippen molar-refractivity contribution in [2.75, 3.05) is 32.8 Å². The third-order valence-corrected chi connectivity index (χ3v) is 5.13. The van der Waals surface area contributed by atoms with Gasteiger partial charge in [-0.1, -0.05) is 5.16 Å². The van der Waals surface area contributed by atoms with E-state index in [0.717, 1.165) is 44.4 Å². The molecule has 8 nitrogen and oxygen atoms in total. The zero-order valence-electron chi connectivity index (χ0n) is 14.7. The number of rotatable bonds is 7. The lowest BCUT2D eigenvalue weighted by Crippen LogP contribution is -2.46. The van der Waals surface area contributed by atoms with Gasteiger partial charge in [-0.25, -0.2) is 0 Å². The highest BCUT2D eigenvalue weighted by atomic mass is 16.5. The molecule has 1 saturated carbocycles. The van der Waals surface area contributed by atoms with E-state index < -0.39 is 0 Å². The Kier molecular flexibility index (Phi) is 4.82. The van der Waals surface area contributed by atoms with Crippen LogP contribution in [0, 0.1) is 0 Å². The molecule has 1 aliphatic carbocycles. The molecule has 2 aliphatic rings. The summed E-state index contributed by atoms with van der Waals surface area (Å²) < 4.78 is 7.27. The average Bonchev–Trinajstić information content (AvgIpc) is 3.19. The molecule has 0 spiro atoms. The normalized spacial score (nSPS) is 20.9. The first kappa shape index (κ1) is 16.7. The fourth-order valence-electron chi connectivity index (χ4n) is 3.36. The fourth-order valence-corrected chi connectivity index (χ4v) is 3.36. The van der Waals surface area contributed by atoms with Crippen LogP contribution in [0.2, 0.25) is 0 Å². The van der Waals surface area contributed by atoms with E-state index in [9.17, 15) is 0 Å². The van der Waals surface area contributed by atoms with Crippen LogP contribution in [-0.2, 0) is 13.1 Å². The lowest BCUT2D eigenvalue weighted by Gasteiger charge is -2.36. The summed E-state index contributed by atoms with van der Waals surface area (Å²) in [5.41, 5.74) is 1.20. The Morgan fingerprint density at radius 2 is 2.08 bits per heavy atom. The second kappa shape index (κ2) is 7.23. The Hall–Kier alpha value is -1.77. The molecule has 2 fully saturated rings. The number of nitrogens with zero attached hydrogens (tertiary/aromatic N) is 6. The van der Waals surface area contributed by atoms with Gasteiger partial charge in [0.05, 0.1) is 25.4 Å². The third-order valence-electron chi connectivity index (χ3n) is 5.13. The molecule has 25 heavy (non-hydrogen) atoms.